The molecule has 4 aromatic heterocycles. The van der Waals surface area contributed by atoms with Gasteiger partial charge in [0.25, 0.3) is 0 Å². The van der Waals surface area contributed by atoms with Crippen LogP contribution in [0.15, 0.2) is 479 Å². The SMILES string of the molecule is c1cc(-c2ccc3c(c2)oc2ccccc23)cc(-c2ccc3c4ccc(-c5cccc(-c6ccc7c(c6)oc6ccccc67)c5)cc4c4ccccc4c3c2)c1.c1cc(-c2ccc3c(c2)oc2ccccc23)cc(-c2ccc3c4ccccc4c4ccccc4c3c2)c1.c1ccc(-c2ccc3c4ccccc4c4ccccc4c3c2)c(-c2ccc3c(c2)oc2ccccc23)c1. The van der Waals surface area contributed by atoms with Crippen molar-refractivity contribution in [1.82, 2.24) is 0 Å². The van der Waals surface area contributed by atoms with Crippen LogP contribution in [0.25, 0.3) is 274 Å². The van der Waals surface area contributed by atoms with Gasteiger partial charge < -0.3 is 17.7 Å². The fraction of sp³-hybridized carbons (Fsp3) is 0. The van der Waals surface area contributed by atoms with E-state index in [0.29, 0.717) is 0 Å². The molecule has 28 rings (SSSR count). The zero-order chi connectivity index (χ0) is 85.4. The van der Waals surface area contributed by atoms with Gasteiger partial charge in [-0.1, -0.05) is 346 Å². The molecular formula is C126H76O4. The van der Waals surface area contributed by atoms with Crippen LogP contribution in [-0.2, 0) is 0 Å². The average Bonchev–Trinajstić information content (AvgIpc) is 1.72. The lowest BCUT2D eigenvalue weighted by Crippen LogP contribution is -1.87. The Hall–Kier alpha value is -17.2. The van der Waals surface area contributed by atoms with Crippen LogP contribution >= 0.6 is 0 Å². The summed E-state index contributed by atoms with van der Waals surface area (Å²) < 4.78 is 24.8. The first kappa shape index (κ1) is 74.3. The molecule has 0 fully saturated rings. The average molecular weight is 1650 g/mol. The summed E-state index contributed by atoms with van der Waals surface area (Å²) in [6, 6.07) is 166. The molecule has 0 atom stereocenters. The normalized spacial score (nSPS) is 11.8. The molecule has 28 aromatic rings. The molecule has 0 bridgehead atoms. The first-order chi connectivity index (χ1) is 64.4. The smallest absolute Gasteiger partial charge is 0.136 e. The molecule has 24 aromatic carbocycles. The minimum Gasteiger partial charge on any atom is -0.456 e. The second-order valence-electron chi connectivity index (χ2n) is 34.3. The van der Waals surface area contributed by atoms with E-state index in [-0.39, 0.29) is 0 Å². The number of hydrogen-bond acceptors (Lipinski definition) is 4. The Morgan fingerprint density at radius 2 is 0.238 bits per heavy atom. The Kier molecular flexibility index (Phi) is 17.3. The summed E-state index contributed by atoms with van der Waals surface area (Å²) in [5.41, 5.74) is 26.3. The quantitative estimate of drug-likeness (QED) is 0.142. The molecular weight excluding hydrogens is 1580 g/mol. The molecule has 0 amide bonds. The standard InChI is InChI=1S/C54H32O2.2C36H22O/c1-2-14-42-41(13-1)49-29-37(33-9-7-11-35(27-33)39-21-25-47-45-15-3-5-17-51(45)55-53(47)31-39)19-23-43(49)44-24-20-38(30-50(42)44)34-10-8-12-36(28-34)40-22-26-48-46-16-4-6-18-52(46)56-54(48)32-40;1-2-12-29-27(10-1)28-11-3-4-13-30(28)34-21-25(16-18-31(29)34)23-8-7-9-24(20-23)26-17-19-33-32-14-5-6-15-35(32)37-36(33)22-26;1-2-10-26(24-18-20-33-32-15-7-8-16-35(32)37-36(33)22-24)25(9-1)23-17-19-31-29-13-4-3-11-27(29)28-12-5-6-14-30(28)34(31)21-23/h1-32H;2*1-22H. The van der Waals surface area contributed by atoms with Crippen LogP contribution in [0.4, 0.5) is 0 Å². The number of fused-ring (bicyclic) bond motifs is 30. The summed E-state index contributed by atoms with van der Waals surface area (Å²) in [5.74, 6) is 0. The molecule has 0 aliphatic carbocycles. The number of para-hydroxylation sites is 4. The Bertz CT molecular complexity index is 9210. The summed E-state index contributed by atoms with van der Waals surface area (Å²) in [5, 5.41) is 32.3. The number of benzene rings is 24. The molecule has 4 heterocycles. The van der Waals surface area contributed by atoms with Gasteiger partial charge in [-0.2, -0.15) is 0 Å². The third kappa shape index (κ3) is 12.5. The second kappa shape index (κ2) is 30.3. The molecule has 0 aliphatic rings. The van der Waals surface area contributed by atoms with Gasteiger partial charge in [0, 0.05) is 43.1 Å². The summed E-state index contributed by atoms with van der Waals surface area (Å²) in [7, 11) is 0. The second-order valence-corrected chi connectivity index (χ2v) is 34.3. The van der Waals surface area contributed by atoms with Crippen molar-refractivity contribution in [3.8, 4) is 89.0 Å². The number of rotatable bonds is 8. The van der Waals surface area contributed by atoms with Gasteiger partial charge in [0.15, 0.2) is 0 Å². The van der Waals surface area contributed by atoms with Crippen molar-refractivity contribution in [3.63, 3.8) is 0 Å². The Labute approximate surface area is 747 Å². The fourth-order valence-corrected chi connectivity index (χ4v) is 20.7. The van der Waals surface area contributed by atoms with Crippen molar-refractivity contribution in [2.24, 2.45) is 0 Å². The van der Waals surface area contributed by atoms with Crippen molar-refractivity contribution in [2.45, 2.75) is 0 Å². The van der Waals surface area contributed by atoms with Crippen LogP contribution in [0.2, 0.25) is 0 Å². The lowest BCUT2D eigenvalue weighted by molar-refractivity contribution is 0.668. The van der Waals surface area contributed by atoms with Gasteiger partial charge in [-0.3, -0.25) is 0 Å². The van der Waals surface area contributed by atoms with Crippen molar-refractivity contribution in [2.75, 3.05) is 0 Å². The van der Waals surface area contributed by atoms with Crippen LogP contribution in [0.5, 0.6) is 0 Å². The maximum absolute atomic E-state index is 6.23. The van der Waals surface area contributed by atoms with Crippen LogP contribution in [0.1, 0.15) is 0 Å². The van der Waals surface area contributed by atoms with Gasteiger partial charge in [0.1, 0.15) is 44.7 Å². The summed E-state index contributed by atoms with van der Waals surface area (Å²) in [6.45, 7) is 0. The Balaban J connectivity index is 0.000000106. The van der Waals surface area contributed by atoms with Gasteiger partial charge in [0.2, 0.25) is 0 Å². The van der Waals surface area contributed by atoms with Crippen LogP contribution in [0, 0.1) is 0 Å². The van der Waals surface area contributed by atoms with Gasteiger partial charge >= 0.3 is 0 Å². The van der Waals surface area contributed by atoms with E-state index in [4.69, 9.17) is 17.7 Å². The summed E-state index contributed by atoms with van der Waals surface area (Å²) >= 11 is 0. The van der Waals surface area contributed by atoms with Crippen LogP contribution in [0.3, 0.4) is 0 Å². The van der Waals surface area contributed by atoms with Gasteiger partial charge in [-0.25, -0.2) is 0 Å². The van der Waals surface area contributed by atoms with Crippen molar-refractivity contribution >= 4 is 185 Å². The molecule has 0 unspecified atom stereocenters. The number of furan rings is 4. The van der Waals surface area contributed by atoms with E-state index < -0.39 is 0 Å². The molecule has 0 saturated carbocycles. The van der Waals surface area contributed by atoms with Crippen molar-refractivity contribution < 1.29 is 17.7 Å². The molecule has 130 heavy (non-hydrogen) atoms. The highest BCUT2D eigenvalue weighted by atomic mass is 16.3. The molecule has 0 N–H and O–H groups in total. The van der Waals surface area contributed by atoms with Gasteiger partial charge in [-0.15, -0.1) is 0 Å². The van der Waals surface area contributed by atoms with Crippen LogP contribution < -0.4 is 0 Å². The largest absolute Gasteiger partial charge is 0.456 e. The lowest BCUT2D eigenvalue weighted by atomic mass is 9.89. The first-order valence-electron chi connectivity index (χ1n) is 44.5. The lowest BCUT2D eigenvalue weighted by Gasteiger charge is -2.14. The van der Waals surface area contributed by atoms with Crippen molar-refractivity contribution in [3.05, 3.63) is 461 Å². The predicted octanol–water partition coefficient (Wildman–Crippen LogP) is 36.4. The van der Waals surface area contributed by atoms with E-state index in [9.17, 15) is 0 Å². The fourth-order valence-electron chi connectivity index (χ4n) is 20.7. The molecule has 0 spiro atoms. The molecule has 4 heteroatoms. The highest BCUT2D eigenvalue weighted by molar-refractivity contribution is 6.29. The summed E-state index contributed by atoms with van der Waals surface area (Å²) in [6.07, 6.45) is 0. The van der Waals surface area contributed by atoms with Crippen molar-refractivity contribution in [1.29, 1.82) is 0 Å². The molecule has 0 aliphatic heterocycles. The maximum Gasteiger partial charge on any atom is 0.136 e. The van der Waals surface area contributed by atoms with Gasteiger partial charge in [-0.05, 0) is 301 Å². The maximum atomic E-state index is 6.23. The van der Waals surface area contributed by atoms with E-state index in [1.54, 1.807) is 0 Å². The van der Waals surface area contributed by atoms with E-state index in [1.165, 1.54) is 164 Å². The minimum absolute atomic E-state index is 0.912. The van der Waals surface area contributed by atoms with E-state index in [2.05, 4.69) is 413 Å². The topological polar surface area (TPSA) is 52.6 Å². The highest BCUT2D eigenvalue weighted by Crippen LogP contribution is 2.47. The minimum atomic E-state index is 0.912. The van der Waals surface area contributed by atoms with E-state index in [1.807, 2.05) is 48.5 Å². The monoisotopic (exact) mass is 1650 g/mol. The third-order valence-electron chi connectivity index (χ3n) is 27.0. The third-order valence-corrected chi connectivity index (χ3v) is 27.0. The van der Waals surface area contributed by atoms with Crippen LogP contribution in [-0.4, -0.2) is 0 Å². The molecule has 604 valence electrons. The Morgan fingerprint density at radius 1 is 0.0846 bits per heavy atom. The molecule has 0 saturated heterocycles. The van der Waals surface area contributed by atoms with E-state index in [0.717, 1.165) is 110 Å². The first-order valence-corrected chi connectivity index (χ1v) is 44.5. The molecule has 0 radical (unpaired) electrons. The predicted molar refractivity (Wildman–Crippen MR) is 549 cm³/mol. The number of hydrogen-bond donors (Lipinski definition) is 0. The highest BCUT2D eigenvalue weighted by Gasteiger charge is 2.20. The molecule has 4 nitrogen and oxygen atoms in total. The van der Waals surface area contributed by atoms with E-state index >= 15 is 0 Å². The summed E-state index contributed by atoms with van der Waals surface area (Å²) in [4.78, 5) is 0. The van der Waals surface area contributed by atoms with Gasteiger partial charge in [0.05, 0.1) is 0 Å². The zero-order valence-electron chi connectivity index (χ0n) is 70.5. The Morgan fingerprint density at radius 3 is 0.492 bits per heavy atom. The zero-order valence-corrected chi connectivity index (χ0v) is 70.5.